The fourth-order valence-corrected chi connectivity index (χ4v) is 3.19. The second-order valence-electron chi connectivity index (χ2n) is 6.90. The van der Waals surface area contributed by atoms with E-state index in [1.165, 1.54) is 12.1 Å². The molecule has 0 saturated carbocycles. The lowest BCUT2D eigenvalue weighted by Crippen LogP contribution is -2.30. The van der Waals surface area contributed by atoms with Crippen LogP contribution in [0.15, 0.2) is 60.7 Å². The summed E-state index contributed by atoms with van der Waals surface area (Å²) in [6.07, 6.45) is 0. The predicted octanol–water partition coefficient (Wildman–Crippen LogP) is 3.82. The average Bonchev–Trinajstić information content (AvgIpc) is 2.78. The Labute approximate surface area is 180 Å². The SMILES string of the molecule is CCN(CC)C(=O)c1ccc(NC(=O)COC(=O)c2cc3ccccc3cc2O)cc1. The molecule has 3 rings (SSSR count). The highest BCUT2D eigenvalue weighted by molar-refractivity contribution is 6.00. The van der Waals surface area contributed by atoms with Gasteiger partial charge in [0.05, 0.1) is 0 Å². The van der Waals surface area contributed by atoms with Crippen LogP contribution in [0, 0.1) is 0 Å². The zero-order chi connectivity index (χ0) is 22.4. The van der Waals surface area contributed by atoms with Gasteiger partial charge in [0.15, 0.2) is 6.61 Å². The van der Waals surface area contributed by atoms with Crippen LogP contribution in [0.1, 0.15) is 34.6 Å². The topological polar surface area (TPSA) is 95.9 Å². The third kappa shape index (κ3) is 5.19. The van der Waals surface area contributed by atoms with Crippen LogP contribution in [-0.2, 0) is 9.53 Å². The number of amides is 2. The van der Waals surface area contributed by atoms with Crippen molar-refractivity contribution >= 4 is 34.2 Å². The first-order valence-corrected chi connectivity index (χ1v) is 10.0. The van der Waals surface area contributed by atoms with Crippen LogP contribution < -0.4 is 5.32 Å². The lowest BCUT2D eigenvalue weighted by Gasteiger charge is -2.18. The zero-order valence-electron chi connectivity index (χ0n) is 17.4. The lowest BCUT2D eigenvalue weighted by atomic mass is 10.1. The molecule has 0 aliphatic rings. The number of nitrogens with zero attached hydrogens (tertiary/aromatic N) is 1. The lowest BCUT2D eigenvalue weighted by molar-refractivity contribution is -0.119. The molecule has 3 aromatic rings. The van der Waals surface area contributed by atoms with Gasteiger partial charge in [-0.15, -0.1) is 0 Å². The highest BCUT2D eigenvalue weighted by atomic mass is 16.5. The van der Waals surface area contributed by atoms with Crippen molar-refractivity contribution in [3.05, 3.63) is 71.8 Å². The summed E-state index contributed by atoms with van der Waals surface area (Å²) in [4.78, 5) is 38.5. The molecule has 0 heterocycles. The highest BCUT2D eigenvalue weighted by Crippen LogP contribution is 2.25. The average molecular weight is 420 g/mol. The summed E-state index contributed by atoms with van der Waals surface area (Å²) in [5.74, 6) is -1.61. The molecular weight excluding hydrogens is 396 g/mol. The monoisotopic (exact) mass is 420 g/mol. The van der Waals surface area contributed by atoms with E-state index in [0.717, 1.165) is 10.8 Å². The molecule has 3 aromatic carbocycles. The number of hydrogen-bond donors (Lipinski definition) is 2. The Morgan fingerprint density at radius 3 is 2.16 bits per heavy atom. The predicted molar refractivity (Wildman–Crippen MR) is 118 cm³/mol. The summed E-state index contributed by atoms with van der Waals surface area (Å²) in [6, 6.07) is 16.8. The summed E-state index contributed by atoms with van der Waals surface area (Å²) in [5.41, 5.74) is 0.997. The van der Waals surface area contributed by atoms with Gasteiger partial charge in [0.2, 0.25) is 0 Å². The molecule has 0 spiro atoms. The first-order valence-electron chi connectivity index (χ1n) is 10.0. The van der Waals surface area contributed by atoms with Gasteiger partial charge in [-0.2, -0.15) is 0 Å². The van der Waals surface area contributed by atoms with E-state index in [2.05, 4.69) is 5.32 Å². The normalized spacial score (nSPS) is 10.5. The van der Waals surface area contributed by atoms with Crippen LogP contribution in [0.4, 0.5) is 5.69 Å². The van der Waals surface area contributed by atoms with Crippen molar-refractivity contribution in [1.29, 1.82) is 0 Å². The van der Waals surface area contributed by atoms with Crippen LogP contribution in [0.5, 0.6) is 5.75 Å². The third-order valence-corrected chi connectivity index (χ3v) is 4.88. The molecule has 0 unspecified atom stereocenters. The number of phenols is 1. The van der Waals surface area contributed by atoms with E-state index >= 15 is 0 Å². The van der Waals surface area contributed by atoms with Crippen LogP contribution in [-0.4, -0.2) is 47.5 Å². The Bertz CT molecular complexity index is 1100. The first-order chi connectivity index (χ1) is 14.9. The smallest absolute Gasteiger partial charge is 0.342 e. The number of aromatic hydroxyl groups is 1. The van der Waals surface area contributed by atoms with Gasteiger partial charge < -0.3 is 20.1 Å². The van der Waals surface area contributed by atoms with Gasteiger partial charge in [0.1, 0.15) is 11.3 Å². The minimum absolute atomic E-state index is 0.00855. The van der Waals surface area contributed by atoms with Gasteiger partial charge in [-0.05, 0) is 61.0 Å². The van der Waals surface area contributed by atoms with Gasteiger partial charge in [0.25, 0.3) is 11.8 Å². The first kappa shape index (κ1) is 21.8. The van der Waals surface area contributed by atoms with Gasteiger partial charge in [-0.25, -0.2) is 4.79 Å². The van der Waals surface area contributed by atoms with Gasteiger partial charge in [0, 0.05) is 24.3 Å². The number of fused-ring (bicyclic) bond motifs is 1. The molecule has 0 bridgehead atoms. The Kier molecular flexibility index (Phi) is 6.87. The van der Waals surface area contributed by atoms with Crippen LogP contribution >= 0.6 is 0 Å². The maximum absolute atomic E-state index is 12.3. The zero-order valence-corrected chi connectivity index (χ0v) is 17.4. The van der Waals surface area contributed by atoms with Crippen molar-refractivity contribution in [2.24, 2.45) is 0 Å². The van der Waals surface area contributed by atoms with Crippen LogP contribution in [0.2, 0.25) is 0 Å². The summed E-state index contributed by atoms with van der Waals surface area (Å²) in [7, 11) is 0. The molecule has 0 radical (unpaired) electrons. The van der Waals surface area contributed by atoms with E-state index in [1.807, 2.05) is 38.1 Å². The molecule has 7 nitrogen and oxygen atoms in total. The maximum Gasteiger partial charge on any atom is 0.342 e. The minimum Gasteiger partial charge on any atom is -0.507 e. The standard InChI is InChI=1S/C24H24N2O5/c1-3-26(4-2)23(29)16-9-11-19(12-10-16)25-22(28)15-31-24(30)20-13-17-7-5-6-8-18(17)14-21(20)27/h5-14,27H,3-4,15H2,1-2H3,(H,25,28). The van der Waals surface area contributed by atoms with E-state index in [1.54, 1.807) is 29.2 Å². The molecular formula is C24H24N2O5. The Morgan fingerprint density at radius 2 is 1.55 bits per heavy atom. The molecule has 0 saturated heterocycles. The van der Waals surface area contributed by atoms with Crippen molar-refractivity contribution in [2.75, 3.05) is 25.0 Å². The fourth-order valence-electron chi connectivity index (χ4n) is 3.19. The molecule has 0 aliphatic carbocycles. The Morgan fingerprint density at radius 1 is 0.935 bits per heavy atom. The number of rotatable bonds is 7. The van der Waals surface area contributed by atoms with Crippen molar-refractivity contribution in [3.63, 3.8) is 0 Å². The number of esters is 1. The highest BCUT2D eigenvalue weighted by Gasteiger charge is 2.16. The number of carbonyl (C=O) groups excluding carboxylic acids is 3. The van der Waals surface area contributed by atoms with E-state index in [9.17, 15) is 19.5 Å². The Balaban J connectivity index is 1.58. The fraction of sp³-hybridized carbons (Fsp3) is 0.208. The largest absolute Gasteiger partial charge is 0.507 e. The van der Waals surface area contributed by atoms with Crippen molar-refractivity contribution in [1.82, 2.24) is 4.90 Å². The van der Waals surface area contributed by atoms with Crippen molar-refractivity contribution < 1.29 is 24.2 Å². The molecule has 31 heavy (non-hydrogen) atoms. The maximum atomic E-state index is 12.3. The van der Waals surface area contributed by atoms with Gasteiger partial charge in [-0.1, -0.05) is 24.3 Å². The molecule has 0 fully saturated rings. The van der Waals surface area contributed by atoms with Gasteiger partial charge in [-0.3, -0.25) is 9.59 Å². The number of hydrogen-bond acceptors (Lipinski definition) is 5. The van der Waals surface area contributed by atoms with E-state index in [4.69, 9.17) is 4.74 Å². The van der Waals surface area contributed by atoms with Crippen LogP contribution in [0.25, 0.3) is 10.8 Å². The minimum atomic E-state index is -0.793. The Hall–Kier alpha value is -3.87. The molecule has 0 aliphatic heterocycles. The third-order valence-electron chi connectivity index (χ3n) is 4.88. The van der Waals surface area contributed by atoms with Crippen molar-refractivity contribution in [3.8, 4) is 5.75 Å². The number of phenolic OH excluding ortho intramolecular Hbond substituents is 1. The molecule has 160 valence electrons. The number of anilines is 1. The number of benzene rings is 3. The molecule has 7 heteroatoms. The van der Waals surface area contributed by atoms with Gasteiger partial charge >= 0.3 is 5.97 Å². The van der Waals surface area contributed by atoms with E-state index in [0.29, 0.717) is 24.3 Å². The quantitative estimate of drug-likeness (QED) is 0.567. The summed E-state index contributed by atoms with van der Waals surface area (Å²) >= 11 is 0. The van der Waals surface area contributed by atoms with Crippen molar-refractivity contribution in [2.45, 2.75) is 13.8 Å². The summed E-state index contributed by atoms with van der Waals surface area (Å²) < 4.78 is 5.04. The summed E-state index contributed by atoms with van der Waals surface area (Å²) in [6.45, 7) is 4.55. The van der Waals surface area contributed by atoms with E-state index < -0.39 is 18.5 Å². The number of ether oxygens (including phenoxy) is 1. The molecule has 0 atom stereocenters. The number of nitrogens with one attached hydrogen (secondary N) is 1. The molecule has 2 N–H and O–H groups in total. The number of carbonyl (C=O) groups is 3. The second-order valence-corrected chi connectivity index (χ2v) is 6.90. The summed E-state index contributed by atoms with van der Waals surface area (Å²) in [5, 5.41) is 14.3. The van der Waals surface area contributed by atoms with Crippen LogP contribution in [0.3, 0.4) is 0 Å². The second kappa shape index (κ2) is 9.75. The molecule has 2 amide bonds. The van der Waals surface area contributed by atoms with E-state index in [-0.39, 0.29) is 17.2 Å². The molecule has 0 aromatic heterocycles.